The first-order valence-corrected chi connectivity index (χ1v) is 11.1. The van der Waals surface area contributed by atoms with Crippen LogP contribution in [0.2, 0.25) is 0 Å². The zero-order valence-electron chi connectivity index (χ0n) is 18.6. The van der Waals surface area contributed by atoms with Crippen LogP contribution in [0.25, 0.3) is 11.3 Å². The quantitative estimate of drug-likeness (QED) is 0.644. The normalized spacial score (nSPS) is 19.0. The van der Waals surface area contributed by atoms with Gasteiger partial charge in [-0.05, 0) is 36.3 Å². The number of fused-ring (bicyclic) bond motifs is 3. The molecule has 0 N–H and O–H groups in total. The predicted molar refractivity (Wildman–Crippen MR) is 118 cm³/mol. The molecule has 1 aromatic carbocycles. The second kappa shape index (κ2) is 9.94. The zero-order chi connectivity index (χ0) is 21.8. The van der Waals surface area contributed by atoms with E-state index in [2.05, 4.69) is 37.0 Å². The molecule has 2 aliphatic rings. The third-order valence-corrected chi connectivity index (χ3v) is 6.10. The maximum absolute atomic E-state index is 12.6. The first-order chi connectivity index (χ1) is 15.0. The topological polar surface area (TPSA) is 71.8 Å². The van der Waals surface area contributed by atoms with Gasteiger partial charge in [0.15, 0.2) is 0 Å². The van der Waals surface area contributed by atoms with Gasteiger partial charge < -0.3 is 18.9 Å². The van der Waals surface area contributed by atoms with E-state index in [4.69, 9.17) is 18.9 Å². The molecule has 4 rings (SSSR count). The lowest BCUT2D eigenvalue weighted by Crippen LogP contribution is -2.34. The van der Waals surface area contributed by atoms with Crippen LogP contribution in [0.5, 0.6) is 5.88 Å². The van der Waals surface area contributed by atoms with Crippen molar-refractivity contribution in [3.05, 3.63) is 45.9 Å². The van der Waals surface area contributed by atoms with Gasteiger partial charge in [-0.2, -0.15) is 4.98 Å². The van der Waals surface area contributed by atoms with Crippen molar-refractivity contribution in [3.8, 4) is 17.1 Å². The van der Waals surface area contributed by atoms with Gasteiger partial charge in [0.05, 0.1) is 31.6 Å². The van der Waals surface area contributed by atoms with Crippen molar-refractivity contribution in [2.45, 2.75) is 51.9 Å². The lowest BCUT2D eigenvalue weighted by molar-refractivity contribution is -0.102. The van der Waals surface area contributed by atoms with E-state index in [1.54, 1.807) is 11.7 Å². The number of nitrogens with zero attached hydrogens (tertiary/aromatic N) is 2. The highest BCUT2D eigenvalue weighted by Gasteiger charge is 2.21. The van der Waals surface area contributed by atoms with Crippen LogP contribution in [-0.2, 0) is 33.6 Å². The summed E-state index contributed by atoms with van der Waals surface area (Å²) in [6.07, 6.45) is 2.93. The smallest absolute Gasteiger partial charge is 0.351 e. The second-order valence-corrected chi connectivity index (χ2v) is 8.59. The van der Waals surface area contributed by atoms with Gasteiger partial charge in [-0.1, -0.05) is 32.0 Å². The molecule has 1 saturated heterocycles. The molecule has 3 heterocycles. The molecule has 7 nitrogen and oxygen atoms in total. The number of aromatic nitrogens is 2. The van der Waals surface area contributed by atoms with Crippen molar-refractivity contribution in [1.82, 2.24) is 9.55 Å². The van der Waals surface area contributed by atoms with Crippen LogP contribution in [0.4, 0.5) is 0 Å². The number of aryl methyl sites for hydroxylation is 2. The average Bonchev–Trinajstić information content (AvgIpc) is 2.78. The first kappa shape index (κ1) is 22.0. The van der Waals surface area contributed by atoms with Crippen molar-refractivity contribution < 1.29 is 18.9 Å². The molecule has 0 bridgehead atoms. The fourth-order valence-electron chi connectivity index (χ4n) is 4.33. The summed E-state index contributed by atoms with van der Waals surface area (Å²) in [6.45, 7) is 7.00. The number of rotatable bonds is 8. The van der Waals surface area contributed by atoms with E-state index < -0.39 is 0 Å². The molecule has 2 unspecified atom stereocenters. The van der Waals surface area contributed by atoms with Crippen LogP contribution >= 0.6 is 0 Å². The lowest BCUT2D eigenvalue weighted by atomic mass is 9.93. The molecule has 7 heteroatoms. The number of hydrogen-bond acceptors (Lipinski definition) is 6. The Morgan fingerprint density at radius 2 is 2.13 bits per heavy atom. The molecular weight excluding hydrogens is 396 g/mol. The van der Waals surface area contributed by atoms with Crippen molar-refractivity contribution >= 4 is 0 Å². The summed E-state index contributed by atoms with van der Waals surface area (Å²) in [4.78, 5) is 16.7. The standard InChI is InChI=1S/C24H32N2O5/c1-16(2)22(28-3)7-5-17-4-6-20-18(12-17)8-9-26-21(20)13-23(25-24(26)27)31-15-19-14-29-10-11-30-19/h4,6,12-13,16,19,22H,5,7-11,14-15H2,1-3H3. The van der Waals surface area contributed by atoms with Gasteiger partial charge in [0, 0.05) is 25.3 Å². The Balaban J connectivity index is 1.51. The highest BCUT2D eigenvalue weighted by atomic mass is 16.6. The fourth-order valence-corrected chi connectivity index (χ4v) is 4.33. The molecule has 2 aliphatic heterocycles. The van der Waals surface area contributed by atoms with E-state index in [0.29, 0.717) is 44.8 Å². The maximum atomic E-state index is 12.6. The molecule has 0 saturated carbocycles. The van der Waals surface area contributed by atoms with Crippen LogP contribution < -0.4 is 10.4 Å². The third-order valence-electron chi connectivity index (χ3n) is 6.10. The highest BCUT2D eigenvalue weighted by Crippen LogP contribution is 2.31. The molecule has 0 radical (unpaired) electrons. The number of ether oxygens (including phenoxy) is 4. The van der Waals surface area contributed by atoms with Gasteiger partial charge in [0.1, 0.15) is 12.7 Å². The monoisotopic (exact) mass is 428 g/mol. The average molecular weight is 429 g/mol. The summed E-state index contributed by atoms with van der Waals surface area (Å²) in [5, 5.41) is 0. The van der Waals surface area contributed by atoms with Crippen molar-refractivity contribution in [2.75, 3.05) is 33.5 Å². The first-order valence-electron chi connectivity index (χ1n) is 11.1. The number of methoxy groups -OCH3 is 1. The third kappa shape index (κ3) is 5.17. The molecule has 2 aromatic rings. The SMILES string of the molecule is COC(CCc1ccc2c(c1)CCn1c-2cc(OCC2COCCO2)nc1=O)C(C)C. The molecule has 0 amide bonds. The summed E-state index contributed by atoms with van der Waals surface area (Å²) in [7, 11) is 1.79. The predicted octanol–water partition coefficient (Wildman–Crippen LogP) is 2.86. The van der Waals surface area contributed by atoms with Gasteiger partial charge in [-0.25, -0.2) is 4.79 Å². The maximum Gasteiger partial charge on any atom is 0.351 e. The van der Waals surface area contributed by atoms with Crippen molar-refractivity contribution in [3.63, 3.8) is 0 Å². The lowest BCUT2D eigenvalue weighted by Gasteiger charge is -2.24. The van der Waals surface area contributed by atoms with Gasteiger partial charge in [-0.3, -0.25) is 4.57 Å². The summed E-state index contributed by atoms with van der Waals surface area (Å²) in [5.41, 5.74) is 4.22. The van der Waals surface area contributed by atoms with Crippen LogP contribution in [0, 0.1) is 5.92 Å². The Bertz CT molecular complexity index is 949. The Kier molecular flexibility index (Phi) is 7.05. The summed E-state index contributed by atoms with van der Waals surface area (Å²) in [5.74, 6) is 0.833. The van der Waals surface area contributed by atoms with E-state index in [9.17, 15) is 4.79 Å². The Morgan fingerprint density at radius 1 is 1.26 bits per heavy atom. The molecule has 0 spiro atoms. The van der Waals surface area contributed by atoms with E-state index in [0.717, 1.165) is 30.5 Å². The minimum absolute atomic E-state index is 0.133. The molecule has 31 heavy (non-hydrogen) atoms. The van der Waals surface area contributed by atoms with Crippen LogP contribution in [-0.4, -0.2) is 55.3 Å². The van der Waals surface area contributed by atoms with Crippen molar-refractivity contribution in [2.24, 2.45) is 5.92 Å². The molecular formula is C24H32N2O5. The minimum Gasteiger partial charge on any atom is -0.475 e. The molecule has 0 aliphatic carbocycles. The molecule has 1 fully saturated rings. The van der Waals surface area contributed by atoms with Crippen LogP contribution in [0.1, 0.15) is 31.4 Å². The molecule has 168 valence electrons. The molecule has 2 atom stereocenters. The summed E-state index contributed by atoms with van der Waals surface area (Å²) < 4.78 is 24.1. The second-order valence-electron chi connectivity index (χ2n) is 8.59. The van der Waals surface area contributed by atoms with Crippen LogP contribution in [0.3, 0.4) is 0 Å². The number of hydrogen-bond donors (Lipinski definition) is 0. The van der Waals surface area contributed by atoms with Gasteiger partial charge >= 0.3 is 5.69 Å². The fraction of sp³-hybridized carbons (Fsp3) is 0.583. The van der Waals surface area contributed by atoms with Gasteiger partial charge in [0.25, 0.3) is 0 Å². The Labute approximate surface area is 183 Å². The molecule has 1 aromatic heterocycles. The summed E-state index contributed by atoms with van der Waals surface area (Å²) in [6, 6.07) is 8.40. The van der Waals surface area contributed by atoms with E-state index in [1.165, 1.54) is 11.1 Å². The Hall–Kier alpha value is -2.22. The van der Waals surface area contributed by atoms with Crippen LogP contribution in [0.15, 0.2) is 29.1 Å². The zero-order valence-corrected chi connectivity index (χ0v) is 18.6. The Morgan fingerprint density at radius 3 is 2.87 bits per heavy atom. The van der Waals surface area contributed by atoms with Gasteiger partial charge in [0.2, 0.25) is 5.88 Å². The van der Waals surface area contributed by atoms with Crippen molar-refractivity contribution in [1.29, 1.82) is 0 Å². The van der Waals surface area contributed by atoms with E-state index >= 15 is 0 Å². The highest BCUT2D eigenvalue weighted by molar-refractivity contribution is 5.67. The number of benzene rings is 1. The van der Waals surface area contributed by atoms with Gasteiger partial charge in [-0.15, -0.1) is 0 Å². The largest absolute Gasteiger partial charge is 0.475 e. The van der Waals surface area contributed by atoms with E-state index in [1.807, 2.05) is 6.07 Å². The van der Waals surface area contributed by atoms with E-state index in [-0.39, 0.29) is 17.9 Å². The minimum atomic E-state index is -0.275. The summed E-state index contributed by atoms with van der Waals surface area (Å²) >= 11 is 0.